The van der Waals surface area contributed by atoms with Crippen LogP contribution in [0, 0.1) is 5.92 Å². The summed E-state index contributed by atoms with van der Waals surface area (Å²) in [5.41, 5.74) is 7.65. The molecule has 2 unspecified atom stereocenters. The van der Waals surface area contributed by atoms with Crippen LogP contribution in [-0.2, 0) is 16.1 Å². The standard InChI is InChI=1S/C19H29N3O2/c1-4-22(14(2)23)13-15-8-7-9-16(12-15)21-18(24)17-10-5-6-11-19(17,3)20/h7-9,12,17H,4-6,10-11,13,20H2,1-3H3,(H,21,24). The number of hydrogen-bond acceptors (Lipinski definition) is 3. The first-order chi connectivity index (χ1) is 11.3. The van der Waals surface area contributed by atoms with Gasteiger partial charge in [0.2, 0.25) is 11.8 Å². The van der Waals surface area contributed by atoms with Crippen molar-refractivity contribution < 1.29 is 9.59 Å². The number of benzene rings is 1. The summed E-state index contributed by atoms with van der Waals surface area (Å²) in [5, 5.41) is 3.01. The molecule has 1 aromatic rings. The van der Waals surface area contributed by atoms with Gasteiger partial charge in [0.1, 0.15) is 0 Å². The first kappa shape index (κ1) is 18.5. The maximum atomic E-state index is 12.6. The maximum absolute atomic E-state index is 12.6. The van der Waals surface area contributed by atoms with Gasteiger partial charge in [-0.25, -0.2) is 0 Å². The quantitative estimate of drug-likeness (QED) is 0.871. The average molecular weight is 331 g/mol. The zero-order valence-electron chi connectivity index (χ0n) is 15.0. The predicted octanol–water partition coefficient (Wildman–Crippen LogP) is 2.90. The first-order valence-corrected chi connectivity index (χ1v) is 8.77. The molecular weight excluding hydrogens is 302 g/mol. The predicted molar refractivity (Wildman–Crippen MR) is 96.4 cm³/mol. The van der Waals surface area contributed by atoms with Gasteiger partial charge in [0, 0.05) is 31.2 Å². The van der Waals surface area contributed by atoms with Crippen LogP contribution in [0.25, 0.3) is 0 Å². The van der Waals surface area contributed by atoms with Gasteiger partial charge in [0.05, 0.1) is 5.92 Å². The van der Waals surface area contributed by atoms with Crippen LogP contribution in [-0.4, -0.2) is 28.8 Å². The van der Waals surface area contributed by atoms with Crippen LogP contribution in [0.1, 0.15) is 52.0 Å². The molecule has 2 atom stereocenters. The third-order valence-electron chi connectivity index (χ3n) is 4.97. The van der Waals surface area contributed by atoms with Crippen molar-refractivity contribution in [1.82, 2.24) is 4.90 Å². The fourth-order valence-corrected chi connectivity index (χ4v) is 3.43. The molecule has 1 saturated carbocycles. The summed E-state index contributed by atoms with van der Waals surface area (Å²) in [5.74, 6) is -0.108. The van der Waals surface area contributed by atoms with E-state index in [0.29, 0.717) is 13.1 Å². The van der Waals surface area contributed by atoms with Crippen molar-refractivity contribution in [2.75, 3.05) is 11.9 Å². The van der Waals surface area contributed by atoms with Gasteiger partial charge in [-0.2, -0.15) is 0 Å². The highest BCUT2D eigenvalue weighted by molar-refractivity contribution is 5.93. The highest BCUT2D eigenvalue weighted by Gasteiger charge is 2.37. The Morgan fingerprint density at radius 2 is 2.12 bits per heavy atom. The Bertz CT molecular complexity index is 598. The van der Waals surface area contributed by atoms with E-state index < -0.39 is 5.54 Å². The zero-order chi connectivity index (χ0) is 17.7. The van der Waals surface area contributed by atoms with Crippen molar-refractivity contribution in [3.05, 3.63) is 29.8 Å². The van der Waals surface area contributed by atoms with Crippen LogP contribution in [0.2, 0.25) is 0 Å². The van der Waals surface area contributed by atoms with Crippen molar-refractivity contribution in [3.63, 3.8) is 0 Å². The van der Waals surface area contributed by atoms with Crippen LogP contribution in [0.15, 0.2) is 24.3 Å². The van der Waals surface area contributed by atoms with Crippen LogP contribution in [0.3, 0.4) is 0 Å². The molecule has 0 heterocycles. The van der Waals surface area contributed by atoms with Gasteiger partial charge in [-0.05, 0) is 44.4 Å². The topological polar surface area (TPSA) is 75.4 Å². The Hall–Kier alpha value is -1.88. The average Bonchev–Trinajstić information content (AvgIpc) is 2.52. The van der Waals surface area contributed by atoms with Crippen LogP contribution in [0.4, 0.5) is 5.69 Å². The molecule has 0 bridgehead atoms. The summed E-state index contributed by atoms with van der Waals surface area (Å²) in [6.07, 6.45) is 3.86. The Morgan fingerprint density at radius 3 is 2.75 bits per heavy atom. The molecule has 0 saturated heterocycles. The van der Waals surface area contributed by atoms with Crippen molar-refractivity contribution in [2.45, 2.75) is 58.5 Å². The fourth-order valence-electron chi connectivity index (χ4n) is 3.43. The molecule has 0 radical (unpaired) electrons. The van der Waals surface area contributed by atoms with E-state index in [1.165, 1.54) is 0 Å². The Balaban J connectivity index is 2.06. The largest absolute Gasteiger partial charge is 0.339 e. The van der Waals surface area contributed by atoms with Gasteiger partial charge in [-0.1, -0.05) is 25.0 Å². The number of nitrogens with two attached hydrogens (primary N) is 1. The van der Waals surface area contributed by atoms with Crippen molar-refractivity contribution in [3.8, 4) is 0 Å². The molecule has 24 heavy (non-hydrogen) atoms. The second-order valence-electron chi connectivity index (χ2n) is 7.03. The molecule has 0 aliphatic heterocycles. The molecule has 1 aliphatic carbocycles. The summed E-state index contributed by atoms with van der Waals surface area (Å²) in [4.78, 5) is 26.0. The lowest BCUT2D eigenvalue weighted by Gasteiger charge is -2.37. The van der Waals surface area contributed by atoms with Crippen molar-refractivity contribution >= 4 is 17.5 Å². The van der Waals surface area contributed by atoms with E-state index in [-0.39, 0.29) is 17.7 Å². The lowest BCUT2D eigenvalue weighted by molar-refractivity contribution is -0.129. The first-order valence-electron chi connectivity index (χ1n) is 8.77. The van der Waals surface area contributed by atoms with Gasteiger partial charge >= 0.3 is 0 Å². The number of rotatable bonds is 5. The van der Waals surface area contributed by atoms with Crippen molar-refractivity contribution in [1.29, 1.82) is 0 Å². The lowest BCUT2D eigenvalue weighted by Crippen LogP contribution is -2.51. The molecular formula is C19H29N3O2. The summed E-state index contributed by atoms with van der Waals surface area (Å²) in [6.45, 7) is 6.71. The number of amides is 2. The van der Waals surface area contributed by atoms with E-state index in [0.717, 1.165) is 36.9 Å². The molecule has 132 valence electrons. The smallest absolute Gasteiger partial charge is 0.229 e. The molecule has 2 rings (SSSR count). The minimum atomic E-state index is -0.437. The van der Waals surface area contributed by atoms with E-state index in [4.69, 9.17) is 5.73 Å². The minimum Gasteiger partial charge on any atom is -0.339 e. The normalized spacial score (nSPS) is 23.6. The third-order valence-corrected chi connectivity index (χ3v) is 4.97. The van der Waals surface area contributed by atoms with Crippen LogP contribution >= 0.6 is 0 Å². The summed E-state index contributed by atoms with van der Waals surface area (Å²) in [6, 6.07) is 7.68. The van der Waals surface area contributed by atoms with Gasteiger partial charge in [0.15, 0.2) is 0 Å². The number of nitrogens with one attached hydrogen (secondary N) is 1. The molecule has 5 nitrogen and oxygen atoms in total. The van der Waals surface area contributed by atoms with Crippen molar-refractivity contribution in [2.24, 2.45) is 11.7 Å². The number of hydrogen-bond donors (Lipinski definition) is 2. The summed E-state index contributed by atoms with van der Waals surface area (Å²) >= 11 is 0. The number of carbonyl (C=O) groups is 2. The van der Waals surface area contributed by atoms with Gasteiger partial charge in [0.25, 0.3) is 0 Å². The summed E-state index contributed by atoms with van der Waals surface area (Å²) in [7, 11) is 0. The lowest BCUT2D eigenvalue weighted by atomic mass is 9.74. The SMILES string of the molecule is CCN(Cc1cccc(NC(=O)C2CCCCC2(C)N)c1)C(C)=O. The molecule has 0 aromatic heterocycles. The van der Waals surface area contributed by atoms with E-state index in [9.17, 15) is 9.59 Å². The molecule has 1 aromatic carbocycles. The van der Waals surface area contributed by atoms with E-state index in [2.05, 4.69) is 5.32 Å². The molecule has 1 aliphatic rings. The fraction of sp³-hybridized carbons (Fsp3) is 0.579. The van der Waals surface area contributed by atoms with Gasteiger partial charge in [-0.3, -0.25) is 9.59 Å². The highest BCUT2D eigenvalue weighted by Crippen LogP contribution is 2.32. The number of nitrogens with zero attached hydrogens (tertiary/aromatic N) is 1. The Labute approximate surface area is 144 Å². The van der Waals surface area contributed by atoms with E-state index in [1.807, 2.05) is 38.1 Å². The Kier molecular flexibility index (Phi) is 5.99. The molecule has 2 amide bonds. The zero-order valence-corrected chi connectivity index (χ0v) is 15.0. The van der Waals surface area contributed by atoms with Gasteiger partial charge < -0.3 is 16.0 Å². The van der Waals surface area contributed by atoms with Gasteiger partial charge in [-0.15, -0.1) is 0 Å². The summed E-state index contributed by atoms with van der Waals surface area (Å²) < 4.78 is 0. The Morgan fingerprint density at radius 1 is 1.38 bits per heavy atom. The maximum Gasteiger partial charge on any atom is 0.229 e. The molecule has 1 fully saturated rings. The molecule has 0 spiro atoms. The second-order valence-corrected chi connectivity index (χ2v) is 7.03. The second kappa shape index (κ2) is 7.79. The van der Waals surface area contributed by atoms with Crippen LogP contribution in [0.5, 0.6) is 0 Å². The monoisotopic (exact) mass is 331 g/mol. The number of carbonyl (C=O) groups excluding carboxylic acids is 2. The van der Waals surface area contributed by atoms with E-state index >= 15 is 0 Å². The molecule has 3 N–H and O–H groups in total. The third kappa shape index (κ3) is 4.57. The van der Waals surface area contributed by atoms with Crippen LogP contribution < -0.4 is 11.1 Å². The highest BCUT2D eigenvalue weighted by atomic mass is 16.2. The van der Waals surface area contributed by atoms with E-state index in [1.54, 1.807) is 11.8 Å². The molecule has 5 heteroatoms. The number of anilines is 1. The minimum absolute atomic E-state index is 0.00392.